The molecule has 0 bridgehead atoms. The maximum absolute atomic E-state index is 12.3. The normalized spacial score (nSPS) is 27.3. The number of halogens is 4. The lowest BCUT2D eigenvalue weighted by Crippen LogP contribution is -2.25. The summed E-state index contributed by atoms with van der Waals surface area (Å²) < 4.78 is 53.3. The van der Waals surface area contributed by atoms with E-state index in [1.807, 2.05) is 18.2 Å². The fourth-order valence-electron chi connectivity index (χ4n) is 5.58. The van der Waals surface area contributed by atoms with Crippen LogP contribution in [-0.2, 0) is 0 Å². The van der Waals surface area contributed by atoms with E-state index >= 15 is 0 Å². The lowest BCUT2D eigenvalue weighted by Gasteiger charge is -2.38. The summed E-state index contributed by atoms with van der Waals surface area (Å²) in [7, 11) is 0. The molecule has 174 valence electrons. The Kier molecular flexibility index (Phi) is 9.73. The zero-order chi connectivity index (χ0) is 22.1. The van der Waals surface area contributed by atoms with Gasteiger partial charge in [-0.1, -0.05) is 37.1 Å². The topological polar surface area (TPSA) is 9.23 Å². The van der Waals surface area contributed by atoms with E-state index < -0.39 is 13.0 Å². The monoisotopic (exact) mass is 440 g/mol. The predicted octanol–water partition coefficient (Wildman–Crippen LogP) is 8.75. The van der Waals surface area contributed by atoms with E-state index in [1.54, 1.807) is 12.1 Å². The summed E-state index contributed by atoms with van der Waals surface area (Å²) in [5.41, 5.74) is 1.24. The number of hydrogen-bond acceptors (Lipinski definition) is 1. The van der Waals surface area contributed by atoms with Gasteiger partial charge >= 0.3 is 6.61 Å². The Hall–Kier alpha value is -1.52. The molecule has 1 nitrogen and oxygen atoms in total. The standard InChI is InChI=1S/C26H36F4O/c27-25(28)6-4-2-1-3-5-19-7-9-20(10-8-19)21-11-13-22(14-12-21)23-15-17-24(18-16-23)31-26(29)30/h1-2,15-22,25-26H,3-14H2/t19-,20-,21-,22-. The van der Waals surface area contributed by atoms with E-state index in [0.29, 0.717) is 12.3 Å². The molecule has 0 saturated heterocycles. The second-order valence-corrected chi connectivity index (χ2v) is 9.36. The zero-order valence-corrected chi connectivity index (χ0v) is 18.3. The summed E-state index contributed by atoms with van der Waals surface area (Å²) in [6, 6.07) is 7.19. The van der Waals surface area contributed by atoms with Gasteiger partial charge in [0.2, 0.25) is 6.43 Å². The highest BCUT2D eigenvalue weighted by Crippen LogP contribution is 2.44. The van der Waals surface area contributed by atoms with Crippen LogP contribution >= 0.6 is 0 Å². The third-order valence-corrected chi connectivity index (χ3v) is 7.37. The fraction of sp³-hybridized carbons (Fsp3) is 0.692. The molecule has 3 rings (SSSR count). The van der Waals surface area contributed by atoms with Gasteiger partial charge in [0.05, 0.1) is 0 Å². The molecule has 0 heterocycles. The van der Waals surface area contributed by atoms with Gasteiger partial charge in [-0.25, -0.2) is 8.78 Å². The van der Waals surface area contributed by atoms with Gasteiger partial charge in [-0.3, -0.25) is 0 Å². The van der Waals surface area contributed by atoms with Crippen LogP contribution in [0.1, 0.15) is 88.5 Å². The molecular weight excluding hydrogens is 404 g/mol. The van der Waals surface area contributed by atoms with E-state index in [-0.39, 0.29) is 12.2 Å². The SMILES string of the molecule is FC(F)CCC=CCC[C@H]1CC[C@H]([C@H]2CC[C@H](c3ccc(OC(F)F)cc3)CC2)CC1. The summed E-state index contributed by atoms with van der Waals surface area (Å²) in [5, 5.41) is 0. The molecule has 0 aromatic heterocycles. The molecule has 2 fully saturated rings. The molecule has 0 aliphatic heterocycles. The first kappa shape index (κ1) is 24.1. The molecule has 0 unspecified atom stereocenters. The molecule has 0 spiro atoms. The van der Waals surface area contributed by atoms with Crippen LogP contribution in [0.3, 0.4) is 0 Å². The van der Waals surface area contributed by atoms with E-state index in [0.717, 1.165) is 24.2 Å². The van der Waals surface area contributed by atoms with Gasteiger partial charge in [0.25, 0.3) is 0 Å². The van der Waals surface area contributed by atoms with Gasteiger partial charge in [-0.15, -0.1) is 0 Å². The molecular formula is C26H36F4O. The summed E-state index contributed by atoms with van der Waals surface area (Å²) in [4.78, 5) is 0. The molecule has 2 saturated carbocycles. The molecule has 0 N–H and O–H groups in total. The van der Waals surface area contributed by atoms with Crippen LogP contribution in [-0.4, -0.2) is 13.0 Å². The quantitative estimate of drug-likeness (QED) is 0.261. The van der Waals surface area contributed by atoms with Crippen molar-refractivity contribution in [3.63, 3.8) is 0 Å². The van der Waals surface area contributed by atoms with E-state index in [1.165, 1.54) is 63.4 Å². The van der Waals surface area contributed by atoms with Crippen LogP contribution in [0.4, 0.5) is 17.6 Å². The van der Waals surface area contributed by atoms with Crippen LogP contribution in [0.5, 0.6) is 5.75 Å². The number of alkyl halides is 4. The average Bonchev–Trinajstić information content (AvgIpc) is 2.77. The van der Waals surface area contributed by atoms with Crippen LogP contribution in [0, 0.1) is 17.8 Å². The number of benzene rings is 1. The molecule has 1 aromatic rings. The maximum atomic E-state index is 12.3. The van der Waals surface area contributed by atoms with Crippen molar-refractivity contribution in [2.45, 2.75) is 96.0 Å². The molecule has 0 amide bonds. The Morgan fingerprint density at radius 2 is 1.35 bits per heavy atom. The van der Waals surface area contributed by atoms with Crippen molar-refractivity contribution in [1.29, 1.82) is 0 Å². The van der Waals surface area contributed by atoms with Gasteiger partial charge in [-0.2, -0.15) is 8.78 Å². The smallest absolute Gasteiger partial charge is 0.387 e. The third-order valence-electron chi connectivity index (χ3n) is 7.37. The molecule has 31 heavy (non-hydrogen) atoms. The van der Waals surface area contributed by atoms with Crippen LogP contribution in [0.25, 0.3) is 0 Å². The predicted molar refractivity (Wildman–Crippen MR) is 117 cm³/mol. The van der Waals surface area contributed by atoms with E-state index in [4.69, 9.17) is 0 Å². The lowest BCUT2D eigenvalue weighted by molar-refractivity contribution is -0.0498. The number of hydrogen-bond donors (Lipinski definition) is 0. The first-order chi connectivity index (χ1) is 15.0. The maximum Gasteiger partial charge on any atom is 0.387 e. The van der Waals surface area contributed by atoms with Crippen molar-refractivity contribution in [3.8, 4) is 5.75 Å². The molecule has 1 aromatic carbocycles. The highest BCUT2D eigenvalue weighted by Gasteiger charge is 2.31. The number of allylic oxidation sites excluding steroid dienone is 2. The van der Waals surface area contributed by atoms with Crippen molar-refractivity contribution >= 4 is 0 Å². The van der Waals surface area contributed by atoms with Crippen LogP contribution in [0.2, 0.25) is 0 Å². The second kappa shape index (κ2) is 12.5. The first-order valence-corrected chi connectivity index (χ1v) is 12.0. The van der Waals surface area contributed by atoms with Crippen molar-refractivity contribution in [2.24, 2.45) is 17.8 Å². The van der Waals surface area contributed by atoms with Gasteiger partial charge in [-0.05, 0) is 99.2 Å². The average molecular weight is 441 g/mol. The summed E-state index contributed by atoms with van der Waals surface area (Å²) in [6.07, 6.45) is 14.6. The van der Waals surface area contributed by atoms with Crippen LogP contribution < -0.4 is 4.74 Å². The number of ether oxygens (including phenoxy) is 1. The van der Waals surface area contributed by atoms with Crippen molar-refractivity contribution in [1.82, 2.24) is 0 Å². The lowest BCUT2D eigenvalue weighted by atomic mass is 9.68. The van der Waals surface area contributed by atoms with Crippen molar-refractivity contribution in [3.05, 3.63) is 42.0 Å². The summed E-state index contributed by atoms with van der Waals surface area (Å²) in [6.45, 7) is -2.77. The Morgan fingerprint density at radius 3 is 1.94 bits per heavy atom. The highest BCUT2D eigenvalue weighted by molar-refractivity contribution is 5.29. The van der Waals surface area contributed by atoms with Gasteiger partial charge in [0.15, 0.2) is 0 Å². The highest BCUT2D eigenvalue weighted by atomic mass is 19.3. The van der Waals surface area contributed by atoms with E-state index in [9.17, 15) is 17.6 Å². The summed E-state index contributed by atoms with van der Waals surface area (Å²) in [5.74, 6) is 3.23. The Balaban J connectivity index is 1.33. The van der Waals surface area contributed by atoms with Gasteiger partial charge < -0.3 is 4.74 Å². The first-order valence-electron chi connectivity index (χ1n) is 12.0. The fourth-order valence-corrected chi connectivity index (χ4v) is 5.58. The minimum atomic E-state index is -2.77. The Bertz CT molecular complexity index is 642. The van der Waals surface area contributed by atoms with Crippen molar-refractivity contribution in [2.75, 3.05) is 0 Å². The van der Waals surface area contributed by atoms with Crippen LogP contribution in [0.15, 0.2) is 36.4 Å². The Labute approximate surface area is 184 Å². The van der Waals surface area contributed by atoms with E-state index in [2.05, 4.69) is 10.8 Å². The zero-order valence-electron chi connectivity index (χ0n) is 18.3. The number of rotatable bonds is 10. The third kappa shape index (κ3) is 8.16. The Morgan fingerprint density at radius 1 is 0.774 bits per heavy atom. The molecule has 0 atom stereocenters. The largest absolute Gasteiger partial charge is 0.435 e. The minimum absolute atomic E-state index is 0.0255. The van der Waals surface area contributed by atoms with Gasteiger partial charge in [0, 0.05) is 6.42 Å². The second-order valence-electron chi connectivity index (χ2n) is 9.36. The van der Waals surface area contributed by atoms with Gasteiger partial charge in [0.1, 0.15) is 5.75 Å². The summed E-state index contributed by atoms with van der Waals surface area (Å²) >= 11 is 0. The molecule has 5 heteroatoms. The molecule has 2 aliphatic rings. The molecule has 0 radical (unpaired) electrons. The van der Waals surface area contributed by atoms with Crippen molar-refractivity contribution < 1.29 is 22.3 Å². The minimum Gasteiger partial charge on any atom is -0.435 e. The molecule has 2 aliphatic carbocycles.